The molecule has 0 radical (unpaired) electrons. The van der Waals surface area contributed by atoms with Gasteiger partial charge in [-0.15, -0.1) is 0 Å². The minimum atomic E-state index is -0.350. The van der Waals surface area contributed by atoms with Crippen LogP contribution >= 0.6 is 0 Å². The topological polar surface area (TPSA) is 60.9 Å². The highest BCUT2D eigenvalue weighted by atomic mass is 16.1. The molecule has 0 atom stereocenters. The van der Waals surface area contributed by atoms with Gasteiger partial charge in [0.05, 0.1) is 0 Å². The summed E-state index contributed by atoms with van der Waals surface area (Å²) in [6.07, 6.45) is 8.72. The van der Waals surface area contributed by atoms with Gasteiger partial charge in [0.25, 0.3) is 0 Å². The number of rotatable bonds is 3. The highest BCUT2D eigenvalue weighted by Gasteiger charge is 2.40. The van der Waals surface area contributed by atoms with Crippen LogP contribution in [0, 0.1) is 5.41 Å². The Morgan fingerprint density at radius 3 is 2.69 bits per heavy atom. The number of carbonyl (C=O) groups excluding carboxylic acids is 1. The normalized spacial score (nSPS) is 19.6. The summed E-state index contributed by atoms with van der Waals surface area (Å²) in [7, 11) is 1.85. The van der Waals surface area contributed by atoms with E-state index < -0.39 is 0 Å². The van der Waals surface area contributed by atoms with E-state index >= 15 is 0 Å². The minimum Gasteiger partial charge on any atom is -0.332 e. The lowest BCUT2D eigenvalue weighted by atomic mass is 9.71. The number of Topliss-reactive ketones (excluding diaryl/α,β-unsaturated/α-hetero) is 1. The number of nitrogens with two attached hydrogens (primary N) is 1. The van der Waals surface area contributed by atoms with E-state index in [1.165, 1.54) is 6.42 Å². The maximum absolute atomic E-state index is 12.5. The zero-order valence-corrected chi connectivity index (χ0v) is 9.78. The standard InChI is InChI=1S/C12H19N3O/c1-15-8-7-14-11(15)10(16)12(9-13)5-3-2-4-6-12/h7-8H,2-6,9,13H2,1H3. The zero-order chi connectivity index (χ0) is 11.6. The van der Waals surface area contributed by atoms with E-state index in [0.29, 0.717) is 12.4 Å². The molecule has 1 aliphatic rings. The van der Waals surface area contributed by atoms with Crippen LogP contribution in [0.15, 0.2) is 12.4 Å². The van der Waals surface area contributed by atoms with Crippen LogP contribution in [-0.4, -0.2) is 21.9 Å². The molecule has 0 amide bonds. The van der Waals surface area contributed by atoms with Crippen molar-refractivity contribution in [3.63, 3.8) is 0 Å². The van der Waals surface area contributed by atoms with Crippen molar-refractivity contribution in [1.29, 1.82) is 0 Å². The van der Waals surface area contributed by atoms with E-state index in [1.807, 2.05) is 7.05 Å². The van der Waals surface area contributed by atoms with Gasteiger partial charge in [0.15, 0.2) is 5.82 Å². The second-order valence-electron chi connectivity index (χ2n) is 4.74. The van der Waals surface area contributed by atoms with E-state index in [9.17, 15) is 4.79 Å². The van der Waals surface area contributed by atoms with Crippen molar-refractivity contribution >= 4 is 5.78 Å². The van der Waals surface area contributed by atoms with E-state index in [4.69, 9.17) is 5.73 Å². The van der Waals surface area contributed by atoms with Gasteiger partial charge >= 0.3 is 0 Å². The fourth-order valence-electron chi connectivity index (χ4n) is 2.57. The van der Waals surface area contributed by atoms with Crippen LogP contribution in [0.3, 0.4) is 0 Å². The Hall–Kier alpha value is -1.16. The molecule has 1 aromatic rings. The van der Waals surface area contributed by atoms with Crippen molar-refractivity contribution in [3.8, 4) is 0 Å². The van der Waals surface area contributed by atoms with Crippen LogP contribution in [0.25, 0.3) is 0 Å². The maximum atomic E-state index is 12.5. The smallest absolute Gasteiger partial charge is 0.205 e. The van der Waals surface area contributed by atoms with Crippen molar-refractivity contribution in [3.05, 3.63) is 18.2 Å². The first kappa shape index (κ1) is 11.3. The molecular weight excluding hydrogens is 202 g/mol. The molecule has 1 aromatic heterocycles. The quantitative estimate of drug-likeness (QED) is 0.787. The first-order valence-corrected chi connectivity index (χ1v) is 5.92. The number of aryl methyl sites for hydroxylation is 1. The molecule has 0 aliphatic heterocycles. The number of imidazole rings is 1. The van der Waals surface area contributed by atoms with Crippen LogP contribution in [-0.2, 0) is 7.05 Å². The lowest BCUT2D eigenvalue weighted by Gasteiger charge is -2.34. The maximum Gasteiger partial charge on any atom is 0.205 e. The summed E-state index contributed by atoms with van der Waals surface area (Å²) in [4.78, 5) is 16.6. The Bertz CT molecular complexity index is 377. The van der Waals surface area contributed by atoms with Gasteiger partial charge in [0.2, 0.25) is 5.78 Å². The highest BCUT2D eigenvalue weighted by molar-refractivity contribution is 5.97. The molecule has 0 unspecified atom stereocenters. The van der Waals surface area contributed by atoms with Gasteiger partial charge in [-0.1, -0.05) is 19.3 Å². The van der Waals surface area contributed by atoms with Gasteiger partial charge in [-0.25, -0.2) is 4.98 Å². The van der Waals surface area contributed by atoms with Crippen LogP contribution < -0.4 is 5.73 Å². The molecule has 1 fully saturated rings. The number of hydrogen-bond acceptors (Lipinski definition) is 3. The molecule has 16 heavy (non-hydrogen) atoms. The van der Waals surface area contributed by atoms with Gasteiger partial charge in [-0.3, -0.25) is 4.79 Å². The average molecular weight is 221 g/mol. The third-order valence-corrected chi connectivity index (χ3v) is 3.71. The van der Waals surface area contributed by atoms with Crippen LogP contribution in [0.1, 0.15) is 42.7 Å². The van der Waals surface area contributed by atoms with Gasteiger partial charge in [-0.2, -0.15) is 0 Å². The van der Waals surface area contributed by atoms with Crippen molar-refractivity contribution in [1.82, 2.24) is 9.55 Å². The van der Waals surface area contributed by atoms with E-state index in [-0.39, 0.29) is 11.2 Å². The predicted octanol–water partition coefficient (Wildman–Crippen LogP) is 1.51. The van der Waals surface area contributed by atoms with Crippen molar-refractivity contribution < 1.29 is 4.79 Å². The number of nitrogens with zero attached hydrogens (tertiary/aromatic N) is 2. The molecule has 4 heteroatoms. The molecule has 0 aromatic carbocycles. The highest BCUT2D eigenvalue weighted by Crippen LogP contribution is 2.37. The number of ketones is 1. The number of aromatic nitrogens is 2. The van der Waals surface area contributed by atoms with Crippen LogP contribution in [0.5, 0.6) is 0 Å². The molecule has 2 N–H and O–H groups in total. The predicted molar refractivity (Wildman–Crippen MR) is 62.1 cm³/mol. The molecule has 1 saturated carbocycles. The summed E-state index contributed by atoms with van der Waals surface area (Å²) >= 11 is 0. The lowest BCUT2D eigenvalue weighted by Crippen LogP contribution is -2.41. The van der Waals surface area contributed by atoms with Gasteiger partial charge in [0.1, 0.15) is 0 Å². The largest absolute Gasteiger partial charge is 0.332 e. The van der Waals surface area contributed by atoms with Gasteiger partial charge in [0, 0.05) is 31.4 Å². The lowest BCUT2D eigenvalue weighted by molar-refractivity contribution is 0.0714. The Balaban J connectivity index is 2.28. The van der Waals surface area contributed by atoms with Crippen molar-refractivity contribution in [2.24, 2.45) is 18.2 Å². The summed E-state index contributed by atoms with van der Waals surface area (Å²) in [5.41, 5.74) is 5.49. The fraction of sp³-hybridized carbons (Fsp3) is 0.667. The average Bonchev–Trinajstić information content (AvgIpc) is 2.75. The van der Waals surface area contributed by atoms with E-state index in [1.54, 1.807) is 17.0 Å². The van der Waals surface area contributed by atoms with Crippen LogP contribution in [0.4, 0.5) is 0 Å². The second-order valence-corrected chi connectivity index (χ2v) is 4.74. The fourth-order valence-corrected chi connectivity index (χ4v) is 2.57. The molecule has 2 rings (SSSR count). The second kappa shape index (κ2) is 4.37. The Kier molecular flexibility index (Phi) is 3.10. The molecule has 1 aliphatic carbocycles. The van der Waals surface area contributed by atoms with Crippen LogP contribution in [0.2, 0.25) is 0 Å². The Labute approximate surface area is 95.9 Å². The Morgan fingerprint density at radius 2 is 2.19 bits per heavy atom. The van der Waals surface area contributed by atoms with Gasteiger partial charge < -0.3 is 10.3 Å². The molecule has 88 valence electrons. The summed E-state index contributed by atoms with van der Waals surface area (Å²) < 4.78 is 1.79. The third kappa shape index (κ3) is 1.78. The third-order valence-electron chi connectivity index (χ3n) is 3.71. The van der Waals surface area contributed by atoms with E-state index in [0.717, 1.165) is 25.7 Å². The molecule has 0 bridgehead atoms. The first-order valence-electron chi connectivity index (χ1n) is 5.92. The monoisotopic (exact) mass is 221 g/mol. The summed E-state index contributed by atoms with van der Waals surface area (Å²) in [6.45, 7) is 0.443. The van der Waals surface area contributed by atoms with Crippen molar-refractivity contribution in [2.45, 2.75) is 32.1 Å². The summed E-state index contributed by atoms with van der Waals surface area (Å²) in [5.74, 6) is 0.676. The van der Waals surface area contributed by atoms with Crippen molar-refractivity contribution in [2.75, 3.05) is 6.54 Å². The molecule has 4 nitrogen and oxygen atoms in total. The molecule has 1 heterocycles. The first-order chi connectivity index (χ1) is 7.69. The molecule has 0 spiro atoms. The number of carbonyl (C=O) groups is 1. The van der Waals surface area contributed by atoms with Gasteiger partial charge in [-0.05, 0) is 12.8 Å². The van der Waals surface area contributed by atoms with E-state index in [2.05, 4.69) is 4.98 Å². The molecular formula is C12H19N3O. The SMILES string of the molecule is Cn1ccnc1C(=O)C1(CN)CCCCC1. The summed E-state index contributed by atoms with van der Waals surface area (Å²) in [5, 5.41) is 0. The number of hydrogen-bond donors (Lipinski definition) is 1. The zero-order valence-electron chi connectivity index (χ0n) is 9.78. The summed E-state index contributed by atoms with van der Waals surface area (Å²) in [6, 6.07) is 0. The minimum absolute atomic E-state index is 0.127. The molecule has 0 saturated heterocycles. The Morgan fingerprint density at radius 1 is 1.50 bits per heavy atom.